The summed E-state index contributed by atoms with van der Waals surface area (Å²) in [6.07, 6.45) is -1.23. The summed E-state index contributed by atoms with van der Waals surface area (Å²) in [5.74, 6) is 0.191. The molecule has 0 aliphatic heterocycles. The van der Waals surface area contributed by atoms with Crippen LogP contribution in [0, 0.1) is 0 Å². The Kier molecular flexibility index (Phi) is 5.19. The van der Waals surface area contributed by atoms with Gasteiger partial charge < -0.3 is 16.4 Å². The second kappa shape index (κ2) is 7.81. The van der Waals surface area contributed by atoms with E-state index < -0.39 is 17.6 Å². The molecule has 30 heavy (non-hydrogen) atoms. The Bertz CT molecular complexity index is 1080. The first-order chi connectivity index (χ1) is 14.3. The fourth-order valence-electron chi connectivity index (χ4n) is 3.28. The molecule has 1 aromatic carbocycles. The van der Waals surface area contributed by atoms with Crippen molar-refractivity contribution >= 4 is 28.3 Å². The van der Waals surface area contributed by atoms with Crippen LogP contribution in [0.1, 0.15) is 40.4 Å². The molecule has 0 saturated heterocycles. The van der Waals surface area contributed by atoms with Crippen molar-refractivity contribution in [3.05, 3.63) is 59.4 Å². The topological polar surface area (TPSA) is 92.9 Å². The monoisotopic (exact) mass is 415 g/mol. The van der Waals surface area contributed by atoms with E-state index in [-0.39, 0.29) is 34.7 Å². The van der Waals surface area contributed by atoms with Crippen LogP contribution in [0.4, 0.5) is 24.7 Å². The Hall–Kier alpha value is -3.36. The molecule has 0 spiro atoms. The van der Waals surface area contributed by atoms with Crippen molar-refractivity contribution in [3.8, 4) is 0 Å². The molecular formula is C21H20F3N5O. The first kappa shape index (κ1) is 19.9. The minimum Gasteiger partial charge on any atom is -0.398 e. The average molecular weight is 415 g/mol. The van der Waals surface area contributed by atoms with Crippen molar-refractivity contribution in [1.82, 2.24) is 15.3 Å². The number of carbonyl (C=O) groups is 1. The van der Waals surface area contributed by atoms with Gasteiger partial charge in [0, 0.05) is 30.4 Å². The summed E-state index contributed by atoms with van der Waals surface area (Å²) in [4.78, 5) is 20.6. The van der Waals surface area contributed by atoms with Crippen molar-refractivity contribution in [3.63, 3.8) is 0 Å². The molecule has 1 saturated carbocycles. The number of hydrogen-bond acceptors (Lipinski definition) is 5. The highest BCUT2D eigenvalue weighted by molar-refractivity contribution is 6.00. The van der Waals surface area contributed by atoms with Crippen molar-refractivity contribution in [2.75, 3.05) is 24.1 Å². The van der Waals surface area contributed by atoms with E-state index in [0.29, 0.717) is 17.9 Å². The average Bonchev–Trinajstić information content (AvgIpc) is 3.56. The minimum atomic E-state index is -4.59. The van der Waals surface area contributed by atoms with Gasteiger partial charge >= 0.3 is 6.18 Å². The smallest absolute Gasteiger partial charge is 0.398 e. The van der Waals surface area contributed by atoms with E-state index in [9.17, 15) is 18.0 Å². The molecule has 1 aliphatic carbocycles. The van der Waals surface area contributed by atoms with Crippen LogP contribution in [0.2, 0.25) is 0 Å². The van der Waals surface area contributed by atoms with E-state index in [4.69, 9.17) is 5.73 Å². The van der Waals surface area contributed by atoms with Crippen LogP contribution >= 0.6 is 0 Å². The summed E-state index contributed by atoms with van der Waals surface area (Å²) in [5.41, 5.74) is 5.42. The van der Waals surface area contributed by atoms with E-state index in [0.717, 1.165) is 18.9 Å². The molecule has 2 aromatic heterocycles. The lowest BCUT2D eigenvalue weighted by molar-refractivity contribution is -0.136. The number of nitrogens with two attached hydrogens (primary N) is 1. The largest absolute Gasteiger partial charge is 0.418 e. The van der Waals surface area contributed by atoms with Gasteiger partial charge in [0.25, 0.3) is 5.91 Å². The number of nitrogen functional groups attached to an aromatic ring is 1. The number of hydrogen-bond donors (Lipinski definition) is 3. The highest BCUT2D eigenvalue weighted by atomic mass is 19.4. The van der Waals surface area contributed by atoms with Gasteiger partial charge in [-0.25, -0.2) is 9.97 Å². The number of halogens is 3. The number of rotatable bonds is 6. The minimum absolute atomic E-state index is 0.102. The predicted molar refractivity (Wildman–Crippen MR) is 108 cm³/mol. The quantitative estimate of drug-likeness (QED) is 0.530. The van der Waals surface area contributed by atoms with E-state index >= 15 is 0 Å². The Morgan fingerprint density at radius 3 is 2.63 bits per heavy atom. The number of amides is 1. The number of aromatic nitrogens is 2. The first-order valence-corrected chi connectivity index (χ1v) is 9.57. The molecule has 4 rings (SSSR count). The van der Waals surface area contributed by atoms with Crippen molar-refractivity contribution in [2.24, 2.45) is 0 Å². The highest BCUT2D eigenvalue weighted by Gasteiger charge is 2.36. The van der Waals surface area contributed by atoms with Crippen LogP contribution in [0.5, 0.6) is 0 Å². The van der Waals surface area contributed by atoms with Crippen molar-refractivity contribution < 1.29 is 18.0 Å². The summed E-state index contributed by atoms with van der Waals surface area (Å²) in [6, 6.07) is 9.49. The lowest BCUT2D eigenvalue weighted by Crippen LogP contribution is -2.29. The van der Waals surface area contributed by atoms with Gasteiger partial charge in [-0.1, -0.05) is 6.07 Å². The number of pyridine rings is 2. The third-order valence-corrected chi connectivity index (χ3v) is 4.94. The Balaban J connectivity index is 1.55. The lowest BCUT2D eigenvalue weighted by atomic mass is 10.00. The molecular weight excluding hydrogens is 395 g/mol. The summed E-state index contributed by atoms with van der Waals surface area (Å²) >= 11 is 0. The van der Waals surface area contributed by atoms with Gasteiger partial charge in [-0.15, -0.1) is 0 Å². The highest BCUT2D eigenvalue weighted by Crippen LogP contribution is 2.45. The van der Waals surface area contributed by atoms with Crippen molar-refractivity contribution in [1.29, 1.82) is 0 Å². The van der Waals surface area contributed by atoms with Gasteiger partial charge in [-0.3, -0.25) is 4.79 Å². The van der Waals surface area contributed by atoms with E-state index in [1.807, 2.05) is 6.07 Å². The SMILES string of the molecule is Nc1cc(C(=O)NCCNc2ccccn2)nc2c(C(F)(F)F)cc(C3CC3)cc12. The van der Waals surface area contributed by atoms with Crippen molar-refractivity contribution in [2.45, 2.75) is 24.9 Å². The zero-order valence-corrected chi connectivity index (χ0v) is 16.0. The number of fused-ring (bicyclic) bond motifs is 1. The van der Waals surface area contributed by atoms with Crippen LogP contribution in [-0.2, 0) is 6.18 Å². The summed E-state index contributed by atoms with van der Waals surface area (Å²) in [5, 5.41) is 5.88. The Morgan fingerprint density at radius 1 is 1.17 bits per heavy atom. The molecule has 156 valence electrons. The second-order valence-electron chi connectivity index (χ2n) is 7.23. The van der Waals surface area contributed by atoms with Crippen LogP contribution in [0.25, 0.3) is 10.9 Å². The molecule has 1 amide bonds. The van der Waals surface area contributed by atoms with Crippen LogP contribution in [0.15, 0.2) is 42.6 Å². The van der Waals surface area contributed by atoms with Crippen LogP contribution < -0.4 is 16.4 Å². The molecule has 2 heterocycles. The number of alkyl halides is 3. The van der Waals surface area contributed by atoms with Crippen LogP contribution in [-0.4, -0.2) is 29.0 Å². The molecule has 0 atom stereocenters. The van der Waals surface area contributed by atoms with Gasteiger partial charge in [-0.05, 0) is 54.7 Å². The van der Waals surface area contributed by atoms with Gasteiger partial charge in [0.2, 0.25) is 0 Å². The predicted octanol–water partition coefficient (Wildman–Crippen LogP) is 3.95. The zero-order valence-electron chi connectivity index (χ0n) is 16.0. The normalized spacial score (nSPS) is 14.0. The standard InChI is InChI=1S/C21H20F3N5O/c22-21(23,24)15-10-13(12-4-5-12)9-14-16(25)11-17(29-19(14)15)20(30)28-8-7-27-18-3-1-2-6-26-18/h1-3,6,9-12H,4-5,7-8H2,(H2,25,29)(H,26,27)(H,28,30). The molecule has 0 radical (unpaired) electrons. The third kappa shape index (κ3) is 4.29. The van der Waals surface area contributed by atoms with Gasteiger partial charge in [0.15, 0.2) is 0 Å². The summed E-state index contributed by atoms with van der Waals surface area (Å²) < 4.78 is 41.0. The fraction of sp³-hybridized carbons (Fsp3) is 0.286. The molecule has 0 unspecified atom stereocenters. The van der Waals surface area contributed by atoms with E-state index in [2.05, 4.69) is 20.6 Å². The number of carbonyl (C=O) groups excluding carboxylic acids is 1. The molecule has 0 bridgehead atoms. The van der Waals surface area contributed by atoms with E-state index in [1.54, 1.807) is 24.4 Å². The molecule has 3 aromatic rings. The Morgan fingerprint density at radius 2 is 1.97 bits per heavy atom. The van der Waals surface area contributed by atoms with Gasteiger partial charge in [0.05, 0.1) is 11.1 Å². The molecule has 4 N–H and O–H groups in total. The number of nitrogens with one attached hydrogen (secondary N) is 2. The Labute approximate surface area is 170 Å². The maximum atomic E-state index is 13.7. The molecule has 1 aliphatic rings. The molecule has 9 heteroatoms. The second-order valence-corrected chi connectivity index (χ2v) is 7.23. The summed E-state index contributed by atoms with van der Waals surface area (Å²) in [7, 11) is 0. The van der Waals surface area contributed by atoms with E-state index in [1.165, 1.54) is 6.07 Å². The van der Waals surface area contributed by atoms with Gasteiger partial charge in [0.1, 0.15) is 11.5 Å². The first-order valence-electron chi connectivity index (χ1n) is 9.57. The number of anilines is 2. The number of benzene rings is 1. The summed E-state index contributed by atoms with van der Waals surface area (Å²) in [6.45, 7) is 0.631. The fourth-order valence-corrected chi connectivity index (χ4v) is 3.28. The third-order valence-electron chi connectivity index (χ3n) is 4.94. The molecule has 1 fully saturated rings. The van der Waals surface area contributed by atoms with Gasteiger partial charge in [-0.2, -0.15) is 13.2 Å². The number of nitrogens with zero attached hydrogens (tertiary/aromatic N) is 2. The molecule has 6 nitrogen and oxygen atoms in total. The van der Waals surface area contributed by atoms with Crippen LogP contribution in [0.3, 0.4) is 0 Å². The zero-order chi connectivity index (χ0) is 21.3. The lowest BCUT2D eigenvalue weighted by Gasteiger charge is -2.15. The maximum absolute atomic E-state index is 13.7. The maximum Gasteiger partial charge on any atom is 0.418 e.